The Labute approximate surface area is 175 Å². The minimum atomic E-state index is -0.302. The van der Waals surface area contributed by atoms with E-state index in [1.807, 2.05) is 59.2 Å². The fourth-order valence-corrected chi connectivity index (χ4v) is 3.37. The van der Waals surface area contributed by atoms with Crippen LogP contribution in [0.1, 0.15) is 10.4 Å². The van der Waals surface area contributed by atoms with Gasteiger partial charge >= 0.3 is 0 Å². The number of amides is 2. The second-order valence-electron chi connectivity index (χ2n) is 6.39. The van der Waals surface area contributed by atoms with Crippen LogP contribution in [-0.2, 0) is 4.79 Å². The monoisotopic (exact) mass is 448 g/mol. The number of hydrogen-bond donors (Lipinski definition) is 2. The summed E-state index contributed by atoms with van der Waals surface area (Å²) in [6, 6.07) is 22.3. The Morgan fingerprint density at radius 3 is 2.55 bits per heavy atom. The van der Waals surface area contributed by atoms with Crippen LogP contribution in [0.4, 0.5) is 5.69 Å². The molecule has 7 heteroatoms. The van der Waals surface area contributed by atoms with Crippen molar-refractivity contribution in [1.29, 1.82) is 0 Å². The zero-order chi connectivity index (χ0) is 20.2. The first-order chi connectivity index (χ1) is 14.1. The van der Waals surface area contributed by atoms with Crippen molar-refractivity contribution in [3.05, 3.63) is 89.2 Å². The van der Waals surface area contributed by atoms with Crippen LogP contribution in [0.3, 0.4) is 0 Å². The Kier molecular flexibility index (Phi) is 5.39. The van der Waals surface area contributed by atoms with E-state index < -0.39 is 0 Å². The van der Waals surface area contributed by atoms with Gasteiger partial charge in [-0.1, -0.05) is 34.1 Å². The van der Waals surface area contributed by atoms with Gasteiger partial charge in [0.25, 0.3) is 5.91 Å². The highest BCUT2D eigenvalue weighted by molar-refractivity contribution is 9.10. The van der Waals surface area contributed by atoms with Gasteiger partial charge in [0.15, 0.2) is 0 Å². The number of imidazole rings is 1. The summed E-state index contributed by atoms with van der Waals surface area (Å²) >= 11 is 3.32. The van der Waals surface area contributed by atoms with Crippen LogP contribution < -0.4 is 10.6 Å². The van der Waals surface area contributed by atoms with Gasteiger partial charge in [0, 0.05) is 21.4 Å². The van der Waals surface area contributed by atoms with Gasteiger partial charge in [-0.3, -0.25) is 14.2 Å². The number of para-hydroxylation sites is 2. The van der Waals surface area contributed by atoms with Crippen molar-refractivity contribution >= 4 is 44.5 Å². The molecule has 29 heavy (non-hydrogen) atoms. The normalized spacial score (nSPS) is 10.7. The second-order valence-corrected chi connectivity index (χ2v) is 7.31. The van der Waals surface area contributed by atoms with Crippen molar-refractivity contribution in [2.45, 2.75) is 0 Å². The number of carbonyl (C=O) groups is 2. The number of halogens is 1. The van der Waals surface area contributed by atoms with Crippen LogP contribution in [0.25, 0.3) is 16.7 Å². The summed E-state index contributed by atoms with van der Waals surface area (Å²) in [5.74, 6) is -0.599. The lowest BCUT2D eigenvalue weighted by molar-refractivity contribution is -0.115. The zero-order valence-corrected chi connectivity index (χ0v) is 16.9. The highest BCUT2D eigenvalue weighted by Crippen LogP contribution is 2.19. The fraction of sp³-hybridized carbons (Fsp3) is 0.0455. The lowest BCUT2D eigenvalue weighted by atomic mass is 10.2. The summed E-state index contributed by atoms with van der Waals surface area (Å²) in [6.45, 7) is -0.112. The molecule has 0 atom stereocenters. The molecule has 4 rings (SSSR count). The molecule has 2 N–H and O–H groups in total. The first kappa shape index (κ1) is 18.9. The van der Waals surface area contributed by atoms with E-state index >= 15 is 0 Å². The lowest BCUT2D eigenvalue weighted by Crippen LogP contribution is -2.32. The van der Waals surface area contributed by atoms with E-state index in [0.717, 1.165) is 21.2 Å². The molecular weight excluding hydrogens is 432 g/mol. The maximum absolute atomic E-state index is 12.2. The molecule has 0 unspecified atom stereocenters. The molecule has 2 amide bonds. The van der Waals surface area contributed by atoms with Crippen molar-refractivity contribution < 1.29 is 9.59 Å². The molecule has 0 aliphatic heterocycles. The van der Waals surface area contributed by atoms with Gasteiger partial charge in [-0.2, -0.15) is 0 Å². The molecule has 1 aromatic heterocycles. The molecule has 3 aromatic carbocycles. The topological polar surface area (TPSA) is 76.0 Å². The highest BCUT2D eigenvalue weighted by Gasteiger charge is 2.09. The SMILES string of the molecule is O=C(CNC(=O)c1cccc(Br)c1)Nc1ccc(-n2cnc3ccccc32)cc1. The van der Waals surface area contributed by atoms with E-state index in [2.05, 4.69) is 31.5 Å². The highest BCUT2D eigenvalue weighted by atomic mass is 79.9. The Hall–Kier alpha value is -3.45. The average Bonchev–Trinajstić information content (AvgIpc) is 3.17. The van der Waals surface area contributed by atoms with Gasteiger partial charge < -0.3 is 10.6 Å². The van der Waals surface area contributed by atoms with E-state index in [4.69, 9.17) is 0 Å². The third-order valence-corrected chi connectivity index (χ3v) is 4.87. The van der Waals surface area contributed by atoms with Crippen molar-refractivity contribution in [2.24, 2.45) is 0 Å². The minimum Gasteiger partial charge on any atom is -0.343 e. The average molecular weight is 449 g/mol. The first-order valence-electron chi connectivity index (χ1n) is 8.96. The van der Waals surface area contributed by atoms with E-state index in [9.17, 15) is 9.59 Å². The number of nitrogens with zero attached hydrogens (tertiary/aromatic N) is 2. The molecular formula is C22H17BrN4O2. The summed E-state index contributed by atoms with van der Waals surface area (Å²) in [6.07, 6.45) is 1.77. The molecule has 0 radical (unpaired) electrons. The summed E-state index contributed by atoms with van der Waals surface area (Å²) < 4.78 is 2.79. The summed E-state index contributed by atoms with van der Waals surface area (Å²) in [7, 11) is 0. The molecule has 144 valence electrons. The number of anilines is 1. The van der Waals surface area contributed by atoms with E-state index in [0.29, 0.717) is 11.3 Å². The smallest absolute Gasteiger partial charge is 0.251 e. The minimum absolute atomic E-state index is 0.112. The van der Waals surface area contributed by atoms with Crippen LogP contribution in [0.15, 0.2) is 83.6 Å². The van der Waals surface area contributed by atoms with E-state index in [1.54, 1.807) is 24.5 Å². The quantitative estimate of drug-likeness (QED) is 0.481. The predicted molar refractivity (Wildman–Crippen MR) is 116 cm³/mol. The van der Waals surface area contributed by atoms with Crippen molar-refractivity contribution in [1.82, 2.24) is 14.9 Å². The number of nitrogens with one attached hydrogen (secondary N) is 2. The van der Waals surface area contributed by atoms with Gasteiger partial charge in [0.05, 0.1) is 17.6 Å². The van der Waals surface area contributed by atoms with E-state index in [1.165, 1.54) is 0 Å². The first-order valence-corrected chi connectivity index (χ1v) is 9.75. The Bertz CT molecular complexity index is 1180. The van der Waals surface area contributed by atoms with Crippen molar-refractivity contribution in [3.8, 4) is 5.69 Å². The number of hydrogen-bond acceptors (Lipinski definition) is 3. The van der Waals surface area contributed by atoms with E-state index in [-0.39, 0.29) is 18.4 Å². The molecule has 4 aromatic rings. The Balaban J connectivity index is 1.37. The third-order valence-electron chi connectivity index (χ3n) is 4.38. The Morgan fingerprint density at radius 2 is 1.76 bits per heavy atom. The molecule has 0 bridgehead atoms. The van der Waals surface area contributed by atoms with Crippen molar-refractivity contribution in [3.63, 3.8) is 0 Å². The second kappa shape index (κ2) is 8.28. The predicted octanol–water partition coefficient (Wildman–Crippen LogP) is 4.16. The standard InChI is InChI=1S/C22H17BrN4O2/c23-16-5-3-4-15(12-16)22(29)24-13-21(28)26-17-8-10-18(11-9-17)27-14-25-19-6-1-2-7-20(19)27/h1-12,14H,13H2,(H,24,29)(H,26,28). The number of benzene rings is 3. The van der Waals surface area contributed by atoms with Crippen LogP contribution in [0, 0.1) is 0 Å². The van der Waals surface area contributed by atoms with Crippen LogP contribution in [0.2, 0.25) is 0 Å². The van der Waals surface area contributed by atoms with Gasteiger partial charge in [-0.05, 0) is 54.6 Å². The summed E-state index contributed by atoms with van der Waals surface area (Å²) in [4.78, 5) is 28.7. The molecule has 0 saturated carbocycles. The molecule has 0 spiro atoms. The number of fused-ring (bicyclic) bond motifs is 1. The molecule has 0 fully saturated rings. The zero-order valence-electron chi connectivity index (χ0n) is 15.3. The molecule has 6 nitrogen and oxygen atoms in total. The number of carbonyl (C=O) groups excluding carboxylic acids is 2. The number of rotatable bonds is 5. The molecule has 0 aliphatic rings. The maximum atomic E-state index is 12.2. The van der Waals surface area contributed by atoms with Crippen LogP contribution in [0.5, 0.6) is 0 Å². The molecule has 0 aliphatic carbocycles. The summed E-state index contributed by atoms with van der Waals surface area (Å²) in [5, 5.41) is 5.40. The Morgan fingerprint density at radius 1 is 0.966 bits per heavy atom. The van der Waals surface area contributed by atoms with Crippen molar-refractivity contribution in [2.75, 3.05) is 11.9 Å². The van der Waals surface area contributed by atoms with Gasteiger partial charge in [0.2, 0.25) is 5.91 Å². The van der Waals surface area contributed by atoms with Gasteiger partial charge in [-0.25, -0.2) is 4.98 Å². The molecule has 0 saturated heterocycles. The summed E-state index contributed by atoms with van der Waals surface area (Å²) in [5.41, 5.74) is 4.02. The van der Waals surface area contributed by atoms with Crippen LogP contribution in [-0.4, -0.2) is 27.9 Å². The fourth-order valence-electron chi connectivity index (χ4n) is 2.97. The third kappa shape index (κ3) is 4.35. The molecule has 1 heterocycles. The van der Waals surface area contributed by atoms with Gasteiger partial charge in [-0.15, -0.1) is 0 Å². The number of aromatic nitrogens is 2. The largest absolute Gasteiger partial charge is 0.343 e. The lowest BCUT2D eigenvalue weighted by Gasteiger charge is -2.09. The van der Waals surface area contributed by atoms with Gasteiger partial charge in [0.1, 0.15) is 6.33 Å². The maximum Gasteiger partial charge on any atom is 0.251 e. The van der Waals surface area contributed by atoms with Crippen LogP contribution >= 0.6 is 15.9 Å².